The second-order valence-electron chi connectivity index (χ2n) is 4.19. The van der Waals surface area contributed by atoms with Crippen LogP contribution < -0.4 is 11.1 Å². The topological polar surface area (TPSA) is 55.9 Å². The molecule has 3 rings (SSSR count). The maximum Gasteiger partial charge on any atom is 0.126 e. The molecule has 76 valence electrons. The first kappa shape index (κ1) is 8.44. The fourth-order valence-electron chi connectivity index (χ4n) is 2.52. The Bertz CT molecular complexity index is 355. The molecule has 3 N–H and O–H groups in total. The Labute approximate surface area is 83.5 Å². The molecule has 0 bridgehead atoms. The summed E-state index contributed by atoms with van der Waals surface area (Å²) in [4.78, 5) is 4.65. The van der Waals surface area contributed by atoms with Crippen molar-refractivity contribution in [2.24, 2.45) is 5.73 Å². The van der Waals surface area contributed by atoms with Gasteiger partial charge in [-0.15, -0.1) is 0 Å². The lowest BCUT2D eigenvalue weighted by atomic mass is 10.1. The Hall–Kier alpha value is -0.870. The molecule has 4 nitrogen and oxygen atoms in total. The van der Waals surface area contributed by atoms with Gasteiger partial charge in [0.05, 0.1) is 11.7 Å². The molecule has 0 radical (unpaired) electrons. The van der Waals surface area contributed by atoms with E-state index in [1.165, 1.54) is 17.8 Å². The van der Waals surface area contributed by atoms with E-state index in [2.05, 4.69) is 14.9 Å². The van der Waals surface area contributed by atoms with Crippen LogP contribution in [0.3, 0.4) is 0 Å². The van der Waals surface area contributed by atoms with E-state index in [1.807, 2.05) is 0 Å². The number of aromatic nitrogens is 2. The van der Waals surface area contributed by atoms with Gasteiger partial charge in [0, 0.05) is 31.7 Å². The van der Waals surface area contributed by atoms with Crippen LogP contribution in [0, 0.1) is 0 Å². The molecule has 4 heteroatoms. The average molecular weight is 192 g/mol. The monoisotopic (exact) mass is 192 g/mol. The molecule has 1 aromatic rings. The van der Waals surface area contributed by atoms with Crippen molar-refractivity contribution in [1.82, 2.24) is 14.9 Å². The highest BCUT2D eigenvalue weighted by Crippen LogP contribution is 2.26. The van der Waals surface area contributed by atoms with E-state index < -0.39 is 0 Å². The van der Waals surface area contributed by atoms with Gasteiger partial charge in [-0.05, 0) is 12.8 Å². The van der Waals surface area contributed by atoms with Crippen molar-refractivity contribution in [2.75, 3.05) is 6.54 Å². The summed E-state index contributed by atoms with van der Waals surface area (Å²) in [6, 6.07) is 0.161. The minimum Gasteiger partial charge on any atom is -0.330 e. The van der Waals surface area contributed by atoms with Crippen LogP contribution in [0.2, 0.25) is 0 Å². The number of fused-ring (bicyclic) bond motifs is 3. The van der Waals surface area contributed by atoms with Gasteiger partial charge in [-0.25, -0.2) is 4.98 Å². The number of nitrogens with one attached hydrogen (secondary N) is 1. The molecule has 2 aliphatic heterocycles. The van der Waals surface area contributed by atoms with Crippen molar-refractivity contribution in [3.63, 3.8) is 0 Å². The largest absolute Gasteiger partial charge is 0.330 e. The van der Waals surface area contributed by atoms with Gasteiger partial charge in [-0.3, -0.25) is 0 Å². The predicted octanol–water partition coefficient (Wildman–Crippen LogP) is 0.322. The molecule has 1 aromatic heterocycles. The SMILES string of the molecule is NC1CCCn2c1nc1c2CCNC1. The number of hydrogen-bond acceptors (Lipinski definition) is 3. The normalized spacial score (nSPS) is 25.6. The molecule has 1 unspecified atom stereocenters. The Kier molecular flexibility index (Phi) is 1.85. The summed E-state index contributed by atoms with van der Waals surface area (Å²) in [6.07, 6.45) is 3.39. The van der Waals surface area contributed by atoms with Crippen LogP contribution in [-0.2, 0) is 19.5 Å². The van der Waals surface area contributed by atoms with E-state index in [1.54, 1.807) is 0 Å². The number of hydrogen-bond donors (Lipinski definition) is 2. The van der Waals surface area contributed by atoms with Crippen LogP contribution in [0.15, 0.2) is 0 Å². The molecule has 0 aromatic carbocycles. The van der Waals surface area contributed by atoms with Crippen molar-refractivity contribution in [1.29, 1.82) is 0 Å². The molecular weight excluding hydrogens is 176 g/mol. The lowest BCUT2D eigenvalue weighted by Gasteiger charge is -2.22. The van der Waals surface area contributed by atoms with Gasteiger partial charge in [0.25, 0.3) is 0 Å². The second kappa shape index (κ2) is 3.07. The fourth-order valence-corrected chi connectivity index (χ4v) is 2.52. The molecule has 14 heavy (non-hydrogen) atoms. The summed E-state index contributed by atoms with van der Waals surface area (Å²) in [5.74, 6) is 1.12. The highest BCUT2D eigenvalue weighted by molar-refractivity contribution is 5.22. The van der Waals surface area contributed by atoms with Gasteiger partial charge >= 0.3 is 0 Å². The maximum atomic E-state index is 6.05. The van der Waals surface area contributed by atoms with Crippen molar-refractivity contribution in [3.8, 4) is 0 Å². The molecule has 0 saturated carbocycles. The Morgan fingerprint density at radius 2 is 2.43 bits per heavy atom. The van der Waals surface area contributed by atoms with Crippen LogP contribution in [0.25, 0.3) is 0 Å². The molecule has 1 atom stereocenters. The summed E-state index contributed by atoms with van der Waals surface area (Å²) < 4.78 is 2.35. The highest BCUT2D eigenvalue weighted by Gasteiger charge is 2.25. The van der Waals surface area contributed by atoms with Crippen LogP contribution in [0.5, 0.6) is 0 Å². The van der Waals surface area contributed by atoms with Crippen LogP contribution >= 0.6 is 0 Å². The lowest BCUT2D eigenvalue weighted by molar-refractivity contribution is 0.441. The van der Waals surface area contributed by atoms with E-state index in [4.69, 9.17) is 5.73 Å². The second-order valence-corrected chi connectivity index (χ2v) is 4.19. The van der Waals surface area contributed by atoms with E-state index in [0.29, 0.717) is 0 Å². The first-order chi connectivity index (χ1) is 6.86. The number of nitrogens with two attached hydrogens (primary N) is 1. The van der Waals surface area contributed by atoms with Gasteiger partial charge in [0.1, 0.15) is 5.82 Å². The Balaban J connectivity index is 2.10. The summed E-state index contributed by atoms with van der Waals surface area (Å²) in [5, 5.41) is 3.35. The van der Waals surface area contributed by atoms with Crippen LogP contribution in [0.1, 0.15) is 36.1 Å². The molecule has 2 aliphatic rings. The minimum absolute atomic E-state index is 0.161. The highest BCUT2D eigenvalue weighted by atomic mass is 15.1. The van der Waals surface area contributed by atoms with Crippen LogP contribution in [-0.4, -0.2) is 16.1 Å². The summed E-state index contributed by atoms with van der Waals surface area (Å²) in [6.45, 7) is 3.11. The zero-order valence-corrected chi connectivity index (χ0v) is 8.29. The zero-order valence-electron chi connectivity index (χ0n) is 8.29. The average Bonchev–Trinajstić information content (AvgIpc) is 2.59. The first-order valence-electron chi connectivity index (χ1n) is 5.41. The lowest BCUT2D eigenvalue weighted by Crippen LogP contribution is -2.26. The van der Waals surface area contributed by atoms with E-state index in [0.717, 1.165) is 38.3 Å². The Morgan fingerprint density at radius 1 is 1.50 bits per heavy atom. The summed E-state index contributed by atoms with van der Waals surface area (Å²) in [5.41, 5.74) is 8.71. The molecule has 3 heterocycles. The Morgan fingerprint density at radius 3 is 3.36 bits per heavy atom. The molecule has 0 saturated heterocycles. The third-order valence-electron chi connectivity index (χ3n) is 3.24. The molecule has 0 spiro atoms. The number of rotatable bonds is 0. The molecule has 0 aliphatic carbocycles. The summed E-state index contributed by atoms with van der Waals surface area (Å²) in [7, 11) is 0. The van der Waals surface area contributed by atoms with Gasteiger partial charge in [0.15, 0.2) is 0 Å². The number of imidazole rings is 1. The van der Waals surface area contributed by atoms with Crippen molar-refractivity contribution in [2.45, 2.75) is 38.4 Å². The molecule has 0 fully saturated rings. The maximum absolute atomic E-state index is 6.05. The zero-order chi connectivity index (χ0) is 9.54. The van der Waals surface area contributed by atoms with E-state index in [-0.39, 0.29) is 6.04 Å². The smallest absolute Gasteiger partial charge is 0.126 e. The molecule has 0 amide bonds. The van der Waals surface area contributed by atoms with Gasteiger partial charge < -0.3 is 15.6 Å². The standard InChI is InChI=1S/C10H16N4/c11-7-2-1-5-14-9-3-4-12-6-8(9)13-10(7)14/h7,12H,1-6,11H2. The van der Waals surface area contributed by atoms with Crippen LogP contribution in [0.4, 0.5) is 0 Å². The van der Waals surface area contributed by atoms with Crippen molar-refractivity contribution in [3.05, 3.63) is 17.2 Å². The van der Waals surface area contributed by atoms with E-state index >= 15 is 0 Å². The van der Waals surface area contributed by atoms with E-state index in [9.17, 15) is 0 Å². The third kappa shape index (κ3) is 1.11. The fraction of sp³-hybridized carbons (Fsp3) is 0.700. The predicted molar refractivity (Wildman–Crippen MR) is 53.8 cm³/mol. The number of nitrogens with zero attached hydrogens (tertiary/aromatic N) is 2. The first-order valence-corrected chi connectivity index (χ1v) is 5.41. The van der Waals surface area contributed by atoms with Gasteiger partial charge in [0.2, 0.25) is 0 Å². The third-order valence-corrected chi connectivity index (χ3v) is 3.24. The molecular formula is C10H16N4. The minimum atomic E-state index is 0.161. The quantitative estimate of drug-likeness (QED) is 0.622. The van der Waals surface area contributed by atoms with Crippen molar-refractivity contribution >= 4 is 0 Å². The van der Waals surface area contributed by atoms with Gasteiger partial charge in [-0.2, -0.15) is 0 Å². The van der Waals surface area contributed by atoms with Crippen molar-refractivity contribution < 1.29 is 0 Å². The summed E-state index contributed by atoms with van der Waals surface area (Å²) >= 11 is 0. The van der Waals surface area contributed by atoms with Gasteiger partial charge in [-0.1, -0.05) is 0 Å².